The lowest BCUT2D eigenvalue weighted by Gasteiger charge is -2.35. The molecule has 1 aromatic carbocycles. The summed E-state index contributed by atoms with van der Waals surface area (Å²) in [6.45, 7) is 4.05. The van der Waals surface area contributed by atoms with Gasteiger partial charge in [0.1, 0.15) is 0 Å². The molecule has 0 radical (unpaired) electrons. The second kappa shape index (κ2) is 7.95. The van der Waals surface area contributed by atoms with Crippen LogP contribution in [0.1, 0.15) is 30.0 Å². The Balaban J connectivity index is 0.00000176. The number of amides is 1. The van der Waals surface area contributed by atoms with E-state index in [-0.39, 0.29) is 18.3 Å². The molecule has 2 aliphatic rings. The zero-order chi connectivity index (χ0) is 14.7. The Labute approximate surface area is 139 Å². The summed E-state index contributed by atoms with van der Waals surface area (Å²) < 4.78 is 0. The Morgan fingerprint density at radius 2 is 2.05 bits per heavy atom. The minimum Gasteiger partial charge on any atom is -0.339 e. The van der Waals surface area contributed by atoms with E-state index < -0.39 is 0 Å². The zero-order valence-corrected chi connectivity index (χ0v) is 14.1. The first-order chi connectivity index (χ1) is 10.3. The third-order valence-electron chi connectivity index (χ3n) is 4.72. The number of piperazine rings is 1. The minimum atomic E-state index is 0. The average molecular weight is 324 g/mol. The molecule has 1 heterocycles. The average Bonchev–Trinajstić information content (AvgIpc) is 2.55. The van der Waals surface area contributed by atoms with Gasteiger partial charge in [-0.2, -0.15) is 0 Å². The number of aryl methyl sites for hydroxylation is 1. The van der Waals surface area contributed by atoms with Crippen molar-refractivity contribution in [1.29, 1.82) is 0 Å². The molecule has 0 bridgehead atoms. The third kappa shape index (κ3) is 3.80. The fourth-order valence-electron chi connectivity index (χ4n) is 3.52. The molecule has 1 saturated heterocycles. The van der Waals surface area contributed by atoms with Crippen LogP contribution in [0, 0.1) is 0 Å². The van der Waals surface area contributed by atoms with Crippen LogP contribution in [-0.4, -0.2) is 55.5 Å². The van der Waals surface area contributed by atoms with Gasteiger partial charge in [0.05, 0.1) is 6.54 Å². The number of fused-ring (bicyclic) bond motifs is 1. The molecule has 3 rings (SSSR count). The van der Waals surface area contributed by atoms with Crippen LogP contribution < -0.4 is 5.32 Å². The highest BCUT2D eigenvalue weighted by Crippen LogP contribution is 2.33. The van der Waals surface area contributed by atoms with Gasteiger partial charge in [-0.15, -0.1) is 12.4 Å². The van der Waals surface area contributed by atoms with Crippen LogP contribution in [0.15, 0.2) is 24.3 Å². The van der Waals surface area contributed by atoms with E-state index in [1.807, 2.05) is 4.90 Å². The normalized spacial score (nSPS) is 21.2. The number of rotatable bonds is 3. The fourth-order valence-corrected chi connectivity index (χ4v) is 3.52. The molecule has 22 heavy (non-hydrogen) atoms. The van der Waals surface area contributed by atoms with Crippen molar-refractivity contribution in [2.75, 3.05) is 39.8 Å². The first-order valence-corrected chi connectivity index (χ1v) is 8.02. The summed E-state index contributed by atoms with van der Waals surface area (Å²) in [5.41, 5.74) is 2.87. The predicted molar refractivity (Wildman–Crippen MR) is 91.4 cm³/mol. The van der Waals surface area contributed by atoms with Crippen molar-refractivity contribution in [3.63, 3.8) is 0 Å². The molecule has 1 aromatic rings. The topological polar surface area (TPSA) is 35.6 Å². The van der Waals surface area contributed by atoms with E-state index in [9.17, 15) is 4.79 Å². The summed E-state index contributed by atoms with van der Waals surface area (Å²) in [5.74, 6) is 0.266. The first-order valence-electron chi connectivity index (χ1n) is 8.02. The molecule has 1 atom stereocenters. The Morgan fingerprint density at radius 3 is 2.82 bits per heavy atom. The number of nitrogens with zero attached hydrogens (tertiary/aromatic N) is 2. The predicted octanol–water partition coefficient (Wildman–Crippen LogP) is 1.85. The monoisotopic (exact) mass is 323 g/mol. The largest absolute Gasteiger partial charge is 0.339 e. The molecule has 0 spiro atoms. The first kappa shape index (κ1) is 17.3. The van der Waals surface area contributed by atoms with E-state index in [4.69, 9.17) is 0 Å². The van der Waals surface area contributed by atoms with Crippen LogP contribution in [0.2, 0.25) is 0 Å². The number of carbonyl (C=O) groups excluding carboxylic acids is 1. The van der Waals surface area contributed by atoms with Crippen LogP contribution >= 0.6 is 12.4 Å². The van der Waals surface area contributed by atoms with Crippen molar-refractivity contribution in [2.24, 2.45) is 0 Å². The van der Waals surface area contributed by atoms with E-state index in [1.165, 1.54) is 24.0 Å². The number of likely N-dealkylation sites (N-methyl/N-ethyl adjacent to an activating group) is 1. The number of hydrogen-bond acceptors (Lipinski definition) is 3. The maximum Gasteiger partial charge on any atom is 0.236 e. The van der Waals surface area contributed by atoms with Crippen LogP contribution in [0.5, 0.6) is 0 Å². The van der Waals surface area contributed by atoms with E-state index in [0.717, 1.165) is 32.6 Å². The zero-order valence-electron chi connectivity index (χ0n) is 13.3. The van der Waals surface area contributed by atoms with E-state index in [2.05, 4.69) is 41.5 Å². The van der Waals surface area contributed by atoms with E-state index in [1.54, 1.807) is 0 Å². The molecular weight excluding hydrogens is 298 g/mol. The number of carbonyl (C=O) groups is 1. The molecule has 122 valence electrons. The Kier molecular flexibility index (Phi) is 6.24. The van der Waals surface area contributed by atoms with Gasteiger partial charge >= 0.3 is 0 Å². The van der Waals surface area contributed by atoms with Crippen LogP contribution in [0.25, 0.3) is 0 Å². The molecule has 1 aliphatic carbocycles. The maximum absolute atomic E-state index is 12.4. The third-order valence-corrected chi connectivity index (χ3v) is 4.72. The van der Waals surface area contributed by atoms with Crippen molar-refractivity contribution in [1.82, 2.24) is 15.1 Å². The molecule has 1 amide bonds. The summed E-state index contributed by atoms with van der Waals surface area (Å²) in [7, 11) is 2.09. The maximum atomic E-state index is 12.4. The lowest BCUT2D eigenvalue weighted by atomic mass is 9.87. The van der Waals surface area contributed by atoms with Crippen molar-refractivity contribution >= 4 is 18.3 Å². The number of nitrogens with one attached hydrogen (secondary N) is 1. The molecule has 4 nitrogen and oxygen atoms in total. The SMILES string of the molecule is CN(CC(=O)N1CCNCC1)C1CCCc2ccccc21.Cl. The van der Waals surface area contributed by atoms with Crippen LogP contribution in [-0.2, 0) is 11.2 Å². The number of benzene rings is 1. The molecule has 1 fully saturated rings. The van der Waals surface area contributed by atoms with Crippen molar-refractivity contribution in [3.8, 4) is 0 Å². The van der Waals surface area contributed by atoms with Crippen molar-refractivity contribution < 1.29 is 4.79 Å². The van der Waals surface area contributed by atoms with Gasteiger partial charge < -0.3 is 10.2 Å². The van der Waals surface area contributed by atoms with Gasteiger partial charge in [-0.1, -0.05) is 24.3 Å². The molecular formula is C17H26ClN3O. The van der Waals surface area contributed by atoms with Gasteiger partial charge in [-0.05, 0) is 37.4 Å². The Morgan fingerprint density at radius 1 is 1.32 bits per heavy atom. The number of hydrogen-bond donors (Lipinski definition) is 1. The second-order valence-electron chi connectivity index (χ2n) is 6.15. The van der Waals surface area contributed by atoms with E-state index in [0.29, 0.717) is 12.6 Å². The molecule has 5 heteroatoms. The van der Waals surface area contributed by atoms with Crippen molar-refractivity contribution in [2.45, 2.75) is 25.3 Å². The van der Waals surface area contributed by atoms with Gasteiger partial charge in [0, 0.05) is 32.2 Å². The highest BCUT2D eigenvalue weighted by atomic mass is 35.5. The second-order valence-corrected chi connectivity index (χ2v) is 6.15. The summed E-state index contributed by atoms with van der Waals surface area (Å²) >= 11 is 0. The van der Waals surface area contributed by atoms with Gasteiger partial charge in [-0.3, -0.25) is 9.69 Å². The minimum absolute atomic E-state index is 0. The molecule has 0 saturated carbocycles. The van der Waals surface area contributed by atoms with Gasteiger partial charge in [0.2, 0.25) is 5.91 Å². The molecule has 1 unspecified atom stereocenters. The highest BCUT2D eigenvalue weighted by Gasteiger charge is 2.26. The number of halogens is 1. The quantitative estimate of drug-likeness (QED) is 0.922. The van der Waals surface area contributed by atoms with Gasteiger partial charge in [0.15, 0.2) is 0 Å². The summed E-state index contributed by atoms with van der Waals surface area (Å²) in [6, 6.07) is 9.08. The molecule has 1 aliphatic heterocycles. The Hall–Kier alpha value is -1.10. The summed E-state index contributed by atoms with van der Waals surface area (Å²) in [6.07, 6.45) is 3.54. The standard InChI is InChI=1S/C17H25N3O.ClH/c1-19(13-17(21)20-11-9-18-10-12-20)16-8-4-6-14-5-2-3-7-15(14)16;/h2-3,5,7,16,18H,4,6,8-13H2,1H3;1H. The molecule has 1 N–H and O–H groups in total. The summed E-state index contributed by atoms with van der Waals surface area (Å²) in [5, 5.41) is 3.29. The lowest BCUT2D eigenvalue weighted by Crippen LogP contribution is -2.49. The van der Waals surface area contributed by atoms with Crippen LogP contribution in [0.3, 0.4) is 0 Å². The van der Waals surface area contributed by atoms with Gasteiger partial charge in [0.25, 0.3) is 0 Å². The van der Waals surface area contributed by atoms with E-state index >= 15 is 0 Å². The lowest BCUT2D eigenvalue weighted by molar-refractivity contribution is -0.133. The smallest absolute Gasteiger partial charge is 0.236 e. The summed E-state index contributed by atoms with van der Waals surface area (Å²) in [4.78, 5) is 16.6. The Bertz CT molecular complexity index is 502. The van der Waals surface area contributed by atoms with Crippen LogP contribution in [0.4, 0.5) is 0 Å². The van der Waals surface area contributed by atoms with Crippen molar-refractivity contribution in [3.05, 3.63) is 35.4 Å². The van der Waals surface area contributed by atoms with Gasteiger partial charge in [-0.25, -0.2) is 0 Å². The highest BCUT2D eigenvalue weighted by molar-refractivity contribution is 5.85. The molecule has 0 aromatic heterocycles. The fraction of sp³-hybridized carbons (Fsp3) is 0.588.